The van der Waals surface area contributed by atoms with Gasteiger partial charge < -0.3 is 10.0 Å². The topological polar surface area (TPSA) is 43.8 Å². The summed E-state index contributed by atoms with van der Waals surface area (Å²) >= 11 is 0. The van der Waals surface area contributed by atoms with Gasteiger partial charge in [-0.15, -0.1) is 0 Å². The molecular formula is C11H20N2O2. The van der Waals surface area contributed by atoms with Crippen LogP contribution in [0, 0.1) is 0 Å². The van der Waals surface area contributed by atoms with Crippen LogP contribution in [0.4, 0.5) is 0 Å². The molecule has 1 saturated carbocycles. The Morgan fingerprint density at radius 3 is 2.27 bits per heavy atom. The standard InChI is InChI=1S/C11H20N2O2/c1-12(9-2-3-9)10-4-6-13(7-5-10)8-11(14)15/h9-10H,2-8H2,1H3,(H,14,15). The van der Waals surface area contributed by atoms with Crippen molar-refractivity contribution in [3.05, 3.63) is 0 Å². The van der Waals surface area contributed by atoms with E-state index in [0.29, 0.717) is 6.04 Å². The maximum absolute atomic E-state index is 10.5. The van der Waals surface area contributed by atoms with E-state index in [4.69, 9.17) is 5.11 Å². The lowest BCUT2D eigenvalue weighted by Crippen LogP contribution is -2.45. The molecule has 4 heteroatoms. The Bertz CT molecular complexity index is 233. The van der Waals surface area contributed by atoms with E-state index >= 15 is 0 Å². The van der Waals surface area contributed by atoms with Crippen molar-refractivity contribution in [2.45, 2.75) is 37.8 Å². The zero-order valence-corrected chi connectivity index (χ0v) is 9.35. The lowest BCUT2D eigenvalue weighted by molar-refractivity contribution is -0.138. The van der Waals surface area contributed by atoms with Gasteiger partial charge >= 0.3 is 5.97 Å². The van der Waals surface area contributed by atoms with Crippen molar-refractivity contribution in [2.75, 3.05) is 26.7 Å². The first-order chi connectivity index (χ1) is 7.16. The number of rotatable bonds is 4. The quantitative estimate of drug-likeness (QED) is 0.742. The van der Waals surface area contributed by atoms with E-state index in [-0.39, 0.29) is 6.54 Å². The molecule has 86 valence electrons. The minimum atomic E-state index is -0.705. The average molecular weight is 212 g/mol. The minimum Gasteiger partial charge on any atom is -0.480 e. The zero-order valence-electron chi connectivity index (χ0n) is 9.35. The maximum atomic E-state index is 10.5. The lowest BCUT2D eigenvalue weighted by Gasteiger charge is -2.36. The zero-order chi connectivity index (χ0) is 10.8. The van der Waals surface area contributed by atoms with E-state index in [1.165, 1.54) is 12.8 Å². The summed E-state index contributed by atoms with van der Waals surface area (Å²) in [5.74, 6) is -0.705. The van der Waals surface area contributed by atoms with Gasteiger partial charge in [0.2, 0.25) is 0 Å². The molecule has 1 N–H and O–H groups in total. The molecule has 1 heterocycles. The molecule has 2 aliphatic rings. The molecule has 15 heavy (non-hydrogen) atoms. The van der Waals surface area contributed by atoms with Gasteiger partial charge in [0.25, 0.3) is 0 Å². The number of nitrogens with zero attached hydrogens (tertiary/aromatic N) is 2. The van der Waals surface area contributed by atoms with Crippen LogP contribution in [-0.2, 0) is 4.79 Å². The number of carboxylic acid groups (broad SMARTS) is 1. The molecule has 0 aromatic rings. The SMILES string of the molecule is CN(C1CC1)C1CCN(CC(=O)O)CC1. The molecule has 2 fully saturated rings. The van der Waals surface area contributed by atoms with Gasteiger partial charge in [0.15, 0.2) is 0 Å². The molecule has 4 nitrogen and oxygen atoms in total. The molecule has 1 saturated heterocycles. The number of likely N-dealkylation sites (tertiary alicyclic amines) is 1. The molecule has 0 atom stereocenters. The van der Waals surface area contributed by atoms with Gasteiger partial charge in [0, 0.05) is 25.2 Å². The van der Waals surface area contributed by atoms with Gasteiger partial charge in [0.1, 0.15) is 0 Å². The summed E-state index contributed by atoms with van der Waals surface area (Å²) in [6.45, 7) is 2.09. The number of aliphatic carboxylic acids is 1. The highest BCUT2D eigenvalue weighted by Gasteiger charge is 2.32. The molecule has 0 aromatic heterocycles. The van der Waals surface area contributed by atoms with Crippen LogP contribution in [0.5, 0.6) is 0 Å². The molecule has 1 aliphatic heterocycles. The van der Waals surface area contributed by atoms with Gasteiger partial charge in [0.05, 0.1) is 6.54 Å². The molecule has 0 aromatic carbocycles. The number of carboxylic acids is 1. The summed E-state index contributed by atoms with van der Waals surface area (Å²) in [6, 6.07) is 1.50. The fourth-order valence-corrected chi connectivity index (χ4v) is 2.46. The predicted octanol–water partition coefficient (Wildman–Crippen LogP) is 0.630. The fourth-order valence-electron chi connectivity index (χ4n) is 2.46. The van der Waals surface area contributed by atoms with Crippen molar-refractivity contribution >= 4 is 5.97 Å². The van der Waals surface area contributed by atoms with E-state index in [1.807, 2.05) is 4.90 Å². The maximum Gasteiger partial charge on any atom is 0.317 e. The first-order valence-electron chi connectivity index (χ1n) is 5.83. The van der Waals surface area contributed by atoms with Crippen molar-refractivity contribution in [3.8, 4) is 0 Å². The molecule has 0 unspecified atom stereocenters. The van der Waals surface area contributed by atoms with Crippen molar-refractivity contribution in [1.29, 1.82) is 0 Å². The van der Waals surface area contributed by atoms with Gasteiger partial charge in [-0.25, -0.2) is 0 Å². The van der Waals surface area contributed by atoms with E-state index in [0.717, 1.165) is 32.0 Å². The highest BCUT2D eigenvalue weighted by atomic mass is 16.4. The second kappa shape index (κ2) is 4.49. The van der Waals surface area contributed by atoms with Gasteiger partial charge in [-0.1, -0.05) is 0 Å². The Kier molecular flexibility index (Phi) is 3.26. The Morgan fingerprint density at radius 2 is 1.80 bits per heavy atom. The number of carbonyl (C=O) groups is 1. The van der Waals surface area contributed by atoms with Gasteiger partial charge in [-0.3, -0.25) is 9.69 Å². The summed E-state index contributed by atoms with van der Waals surface area (Å²) in [4.78, 5) is 15.1. The summed E-state index contributed by atoms with van der Waals surface area (Å²) in [5, 5.41) is 8.69. The number of hydrogen-bond donors (Lipinski definition) is 1. The van der Waals surface area contributed by atoms with Crippen LogP contribution < -0.4 is 0 Å². The molecule has 2 rings (SSSR count). The summed E-state index contributed by atoms with van der Waals surface area (Å²) in [7, 11) is 2.22. The van der Waals surface area contributed by atoms with Crippen LogP contribution in [0.3, 0.4) is 0 Å². The Morgan fingerprint density at radius 1 is 1.27 bits per heavy atom. The third-order valence-electron chi connectivity index (χ3n) is 3.61. The van der Waals surface area contributed by atoms with E-state index < -0.39 is 5.97 Å². The molecule has 0 radical (unpaired) electrons. The molecule has 1 aliphatic carbocycles. The highest BCUT2D eigenvalue weighted by Crippen LogP contribution is 2.29. The van der Waals surface area contributed by atoms with Gasteiger partial charge in [-0.2, -0.15) is 0 Å². The Balaban J connectivity index is 1.73. The predicted molar refractivity (Wildman–Crippen MR) is 57.9 cm³/mol. The number of piperidine rings is 1. The normalized spacial score (nSPS) is 24.7. The van der Waals surface area contributed by atoms with Crippen molar-refractivity contribution in [3.63, 3.8) is 0 Å². The highest BCUT2D eigenvalue weighted by molar-refractivity contribution is 5.69. The van der Waals surface area contributed by atoms with Crippen molar-refractivity contribution in [2.24, 2.45) is 0 Å². The molecule has 0 bridgehead atoms. The number of hydrogen-bond acceptors (Lipinski definition) is 3. The first kappa shape index (κ1) is 10.9. The van der Waals surface area contributed by atoms with Crippen LogP contribution in [0.1, 0.15) is 25.7 Å². The van der Waals surface area contributed by atoms with Crippen molar-refractivity contribution < 1.29 is 9.90 Å². The first-order valence-corrected chi connectivity index (χ1v) is 5.83. The Hall–Kier alpha value is -0.610. The summed E-state index contributed by atoms with van der Waals surface area (Å²) in [5.41, 5.74) is 0. The Labute approximate surface area is 90.9 Å². The third kappa shape index (κ3) is 2.92. The largest absolute Gasteiger partial charge is 0.480 e. The van der Waals surface area contributed by atoms with Crippen LogP contribution in [-0.4, -0.2) is 59.6 Å². The second-order valence-corrected chi connectivity index (χ2v) is 4.80. The monoisotopic (exact) mass is 212 g/mol. The van der Waals surface area contributed by atoms with E-state index in [9.17, 15) is 4.79 Å². The van der Waals surface area contributed by atoms with Crippen LogP contribution in [0.15, 0.2) is 0 Å². The molecule has 0 spiro atoms. The van der Waals surface area contributed by atoms with Crippen molar-refractivity contribution in [1.82, 2.24) is 9.80 Å². The second-order valence-electron chi connectivity index (χ2n) is 4.80. The van der Waals surface area contributed by atoms with Crippen LogP contribution in [0.2, 0.25) is 0 Å². The third-order valence-corrected chi connectivity index (χ3v) is 3.61. The smallest absolute Gasteiger partial charge is 0.317 e. The lowest BCUT2D eigenvalue weighted by atomic mass is 10.0. The minimum absolute atomic E-state index is 0.208. The van der Waals surface area contributed by atoms with E-state index in [2.05, 4.69) is 11.9 Å². The van der Waals surface area contributed by atoms with Gasteiger partial charge in [-0.05, 0) is 32.7 Å². The summed E-state index contributed by atoms with van der Waals surface area (Å²) in [6.07, 6.45) is 4.96. The van der Waals surface area contributed by atoms with Crippen LogP contribution >= 0.6 is 0 Å². The fraction of sp³-hybridized carbons (Fsp3) is 0.909. The summed E-state index contributed by atoms with van der Waals surface area (Å²) < 4.78 is 0. The van der Waals surface area contributed by atoms with E-state index in [1.54, 1.807) is 0 Å². The molecular weight excluding hydrogens is 192 g/mol. The average Bonchev–Trinajstić information content (AvgIpc) is 3.00. The van der Waals surface area contributed by atoms with Crippen LogP contribution in [0.25, 0.3) is 0 Å². The molecule has 0 amide bonds.